The Labute approximate surface area is 205 Å². The Morgan fingerprint density at radius 2 is 1.92 bits per heavy atom. The summed E-state index contributed by atoms with van der Waals surface area (Å²) in [6.07, 6.45) is -5.19. The summed E-state index contributed by atoms with van der Waals surface area (Å²) >= 11 is 0. The number of methoxy groups -OCH3 is 2. The fourth-order valence-electron chi connectivity index (χ4n) is 4.42. The van der Waals surface area contributed by atoms with Gasteiger partial charge in [0.25, 0.3) is 5.91 Å². The molecule has 3 rings (SSSR count). The third kappa shape index (κ3) is 5.02. The number of likely N-dealkylation sites (N-methyl/N-ethyl adjacent to an activating group) is 1. The van der Waals surface area contributed by atoms with Crippen LogP contribution in [0.15, 0.2) is 30.5 Å². The number of ether oxygens (including phenoxy) is 3. The van der Waals surface area contributed by atoms with E-state index in [1.807, 2.05) is 0 Å². The average molecular weight is 517 g/mol. The first kappa shape index (κ1) is 27.8. The molecule has 1 amide bonds. The number of anilines is 1. The summed E-state index contributed by atoms with van der Waals surface area (Å²) in [4.78, 5) is 17.5. The Bertz CT molecular complexity index is 1080. The lowest BCUT2D eigenvalue weighted by Crippen LogP contribution is -2.47. The molecule has 12 heteroatoms. The van der Waals surface area contributed by atoms with Crippen LogP contribution in [0.5, 0.6) is 5.75 Å². The topological polar surface area (TPSA) is 81.7 Å². The molecule has 36 heavy (non-hydrogen) atoms. The van der Waals surface area contributed by atoms with Gasteiger partial charge in [0, 0.05) is 24.5 Å². The van der Waals surface area contributed by atoms with E-state index in [0.717, 1.165) is 26.2 Å². The number of aromatic nitrogens is 1. The lowest BCUT2D eigenvalue weighted by Gasteiger charge is -2.32. The number of carbonyl (C=O) groups is 1. The number of nitrogens with one attached hydrogen (secondary N) is 2. The predicted octanol–water partition coefficient (Wildman–Crippen LogP) is 4.35. The van der Waals surface area contributed by atoms with Crippen molar-refractivity contribution in [3.63, 3.8) is 0 Å². The highest BCUT2D eigenvalue weighted by Crippen LogP contribution is 2.55. The van der Waals surface area contributed by atoms with Gasteiger partial charge in [-0.25, -0.2) is 4.39 Å². The van der Waals surface area contributed by atoms with Gasteiger partial charge < -0.3 is 24.8 Å². The normalized spacial score (nSPS) is 25.0. The zero-order valence-corrected chi connectivity index (χ0v) is 20.4. The summed E-state index contributed by atoms with van der Waals surface area (Å²) in [5.41, 5.74) is -2.01. The van der Waals surface area contributed by atoms with Crippen molar-refractivity contribution in [2.75, 3.05) is 33.2 Å². The number of carbonyl (C=O) groups excluding carboxylic acids is 1. The zero-order chi connectivity index (χ0) is 26.8. The van der Waals surface area contributed by atoms with Gasteiger partial charge in [-0.2, -0.15) is 17.6 Å². The molecule has 0 aliphatic carbocycles. The van der Waals surface area contributed by atoms with Crippen LogP contribution in [0.3, 0.4) is 0 Å². The maximum atomic E-state index is 14.4. The van der Waals surface area contributed by atoms with Gasteiger partial charge in [0.2, 0.25) is 5.82 Å². The van der Waals surface area contributed by atoms with Crippen LogP contribution < -0.4 is 15.4 Å². The second-order valence-corrected chi connectivity index (χ2v) is 8.70. The second-order valence-electron chi connectivity index (χ2n) is 8.70. The van der Waals surface area contributed by atoms with Crippen LogP contribution >= 0.6 is 0 Å². The van der Waals surface area contributed by atoms with Crippen LogP contribution in [-0.4, -0.2) is 56.6 Å². The molecule has 7 nitrogen and oxygen atoms in total. The first-order valence-electron chi connectivity index (χ1n) is 11.1. The van der Waals surface area contributed by atoms with E-state index in [-0.39, 0.29) is 17.3 Å². The molecule has 1 saturated heterocycles. The Morgan fingerprint density at radius 3 is 2.44 bits per heavy atom. The van der Waals surface area contributed by atoms with Crippen molar-refractivity contribution in [3.8, 4) is 5.75 Å². The van der Waals surface area contributed by atoms with Crippen LogP contribution in [0.2, 0.25) is 0 Å². The minimum Gasteiger partial charge on any atom is -0.493 e. The smallest absolute Gasteiger partial charge is 0.417 e. The monoisotopic (exact) mass is 517 g/mol. The van der Waals surface area contributed by atoms with E-state index in [2.05, 4.69) is 15.6 Å². The molecular weight excluding hydrogens is 489 g/mol. The van der Waals surface area contributed by atoms with Gasteiger partial charge in [-0.05, 0) is 32.2 Å². The largest absolute Gasteiger partial charge is 0.493 e. The molecule has 5 atom stereocenters. The molecule has 0 saturated carbocycles. The summed E-state index contributed by atoms with van der Waals surface area (Å²) < 4.78 is 85.8. The Morgan fingerprint density at radius 1 is 1.22 bits per heavy atom. The lowest BCUT2D eigenvalue weighted by atomic mass is 9.77. The second kappa shape index (κ2) is 10.7. The van der Waals surface area contributed by atoms with Crippen molar-refractivity contribution < 1.29 is 41.0 Å². The molecule has 0 radical (unpaired) electrons. The van der Waals surface area contributed by atoms with Crippen molar-refractivity contribution >= 4 is 11.6 Å². The fraction of sp³-hybridized carbons (Fsp3) is 0.500. The highest BCUT2D eigenvalue weighted by atomic mass is 19.4. The predicted molar refractivity (Wildman–Crippen MR) is 121 cm³/mol. The number of nitrogens with zero attached hydrogens (tertiary/aromatic N) is 1. The van der Waals surface area contributed by atoms with Gasteiger partial charge in [-0.15, -0.1) is 0 Å². The van der Waals surface area contributed by atoms with Gasteiger partial charge in [0.05, 0.1) is 37.3 Å². The quantitative estimate of drug-likeness (QED) is 0.507. The molecule has 1 aromatic heterocycles. The molecule has 1 fully saturated rings. The molecule has 2 aromatic rings. The first-order chi connectivity index (χ1) is 16.9. The number of benzene rings is 1. The van der Waals surface area contributed by atoms with E-state index < -0.39 is 53.0 Å². The van der Waals surface area contributed by atoms with Crippen molar-refractivity contribution in [2.24, 2.45) is 5.92 Å². The van der Waals surface area contributed by atoms with Crippen molar-refractivity contribution in [1.82, 2.24) is 10.3 Å². The molecule has 198 valence electrons. The van der Waals surface area contributed by atoms with Crippen LogP contribution in [0.4, 0.5) is 27.6 Å². The van der Waals surface area contributed by atoms with Crippen molar-refractivity contribution in [2.45, 2.75) is 43.7 Å². The SMILES string of the molecule is CN[C@@H](COC)c1ccc(NC(=O)[C@@H]2O[C@@](C)(C(F)(F)F)[C@@H](C)[C@H]2c2ccc(F)c(F)c2OC)cn1. The number of rotatable bonds is 8. The Kier molecular flexibility index (Phi) is 8.21. The molecule has 0 unspecified atom stereocenters. The van der Waals surface area contributed by atoms with Gasteiger partial charge >= 0.3 is 6.18 Å². The van der Waals surface area contributed by atoms with Crippen LogP contribution in [0, 0.1) is 17.6 Å². The van der Waals surface area contributed by atoms with Gasteiger partial charge in [-0.3, -0.25) is 9.78 Å². The maximum absolute atomic E-state index is 14.4. The molecule has 1 aliphatic rings. The van der Waals surface area contributed by atoms with Crippen molar-refractivity contribution in [1.29, 1.82) is 0 Å². The maximum Gasteiger partial charge on any atom is 0.417 e. The van der Waals surface area contributed by atoms with E-state index >= 15 is 0 Å². The third-order valence-electron chi connectivity index (χ3n) is 6.66. The number of hydrogen-bond donors (Lipinski definition) is 2. The van der Waals surface area contributed by atoms with Gasteiger partial charge in [0.1, 0.15) is 6.10 Å². The number of alkyl halides is 3. The zero-order valence-electron chi connectivity index (χ0n) is 20.4. The summed E-state index contributed by atoms with van der Waals surface area (Å²) in [5, 5.41) is 5.54. The number of amides is 1. The minimum absolute atomic E-state index is 0.109. The Hall–Kier alpha value is -2.83. The van der Waals surface area contributed by atoms with Crippen LogP contribution in [-0.2, 0) is 14.3 Å². The average Bonchev–Trinajstić information content (AvgIpc) is 3.11. The molecule has 0 spiro atoms. The lowest BCUT2D eigenvalue weighted by molar-refractivity contribution is -0.272. The summed E-state index contributed by atoms with van der Waals surface area (Å²) in [5.74, 6) is -6.73. The van der Waals surface area contributed by atoms with E-state index in [0.29, 0.717) is 12.3 Å². The fourth-order valence-corrected chi connectivity index (χ4v) is 4.42. The number of pyridine rings is 1. The van der Waals surface area contributed by atoms with Crippen molar-refractivity contribution in [3.05, 3.63) is 53.4 Å². The number of hydrogen-bond acceptors (Lipinski definition) is 6. The summed E-state index contributed by atoms with van der Waals surface area (Å²) in [6.45, 7) is 2.42. The highest BCUT2D eigenvalue weighted by Gasteiger charge is 2.65. The molecule has 2 heterocycles. The molecule has 1 aliphatic heterocycles. The van der Waals surface area contributed by atoms with E-state index in [1.54, 1.807) is 13.1 Å². The molecular formula is C24H28F5N3O4. The van der Waals surface area contributed by atoms with Gasteiger partial charge in [-0.1, -0.05) is 13.0 Å². The Balaban J connectivity index is 1.97. The van der Waals surface area contributed by atoms with E-state index in [4.69, 9.17) is 14.2 Å². The minimum atomic E-state index is -4.85. The molecule has 2 N–H and O–H groups in total. The standard InChI is InChI=1S/C24H28F5N3O4/c1-12-18(14-7-8-15(25)19(26)20(14)35-5)21(36-23(12,2)24(27,28)29)22(33)32-13-6-9-16(31-10-13)17(30-3)11-34-4/h6-10,12,17-18,21,30H,11H2,1-5H3,(H,32,33)/t12-,17-,18-,21+,23+/m0/s1. The summed E-state index contributed by atoms with van der Waals surface area (Å²) in [6, 6.07) is 4.84. The summed E-state index contributed by atoms with van der Waals surface area (Å²) in [7, 11) is 4.33. The van der Waals surface area contributed by atoms with E-state index in [9.17, 15) is 26.7 Å². The third-order valence-corrected chi connectivity index (χ3v) is 6.66. The van der Waals surface area contributed by atoms with Gasteiger partial charge in [0.15, 0.2) is 17.2 Å². The van der Waals surface area contributed by atoms with E-state index in [1.165, 1.54) is 26.3 Å². The molecule has 1 aromatic carbocycles. The first-order valence-corrected chi connectivity index (χ1v) is 11.1. The van der Waals surface area contributed by atoms with Crippen LogP contribution in [0.25, 0.3) is 0 Å². The highest BCUT2D eigenvalue weighted by molar-refractivity contribution is 5.95. The molecule has 0 bridgehead atoms. The van der Waals surface area contributed by atoms with Crippen LogP contribution in [0.1, 0.15) is 37.1 Å². The number of halogens is 5.